The van der Waals surface area contributed by atoms with Crippen LogP contribution < -0.4 is 4.90 Å². The monoisotopic (exact) mass is 341 g/mol. The molecule has 0 spiro atoms. The Bertz CT molecular complexity index is 688. The van der Waals surface area contributed by atoms with Gasteiger partial charge in [-0.2, -0.15) is 0 Å². The van der Waals surface area contributed by atoms with Gasteiger partial charge in [0.05, 0.1) is 24.9 Å². The van der Waals surface area contributed by atoms with E-state index >= 15 is 0 Å². The van der Waals surface area contributed by atoms with Gasteiger partial charge in [0.2, 0.25) is 0 Å². The number of likely N-dealkylation sites (N-methyl/N-ethyl adjacent to an activating group) is 1. The van der Waals surface area contributed by atoms with Crippen LogP contribution in [-0.4, -0.2) is 46.5 Å². The van der Waals surface area contributed by atoms with E-state index in [0.717, 1.165) is 0 Å². The van der Waals surface area contributed by atoms with Crippen molar-refractivity contribution in [2.24, 2.45) is 0 Å². The summed E-state index contributed by atoms with van der Waals surface area (Å²) in [5.74, 6) is -1.30. The van der Waals surface area contributed by atoms with Gasteiger partial charge >= 0.3 is 11.8 Å². The Morgan fingerprint density at radius 2 is 1.76 bits per heavy atom. The minimum absolute atomic E-state index is 0.174. The zero-order chi connectivity index (χ0) is 18.2. The minimum atomic E-state index is -0.655. The van der Waals surface area contributed by atoms with Crippen molar-refractivity contribution < 1.29 is 14.7 Å². The highest BCUT2D eigenvalue weighted by Gasteiger charge is 2.30. The average Bonchev–Trinajstić information content (AvgIpc) is 2.68. The third kappa shape index (κ3) is 4.64. The Morgan fingerprint density at radius 1 is 1.08 bits per heavy atom. The van der Waals surface area contributed by atoms with Gasteiger partial charge in [-0.3, -0.25) is 14.6 Å². The lowest BCUT2D eigenvalue weighted by molar-refractivity contribution is -0.147. The van der Waals surface area contributed by atoms with Crippen LogP contribution >= 0.6 is 0 Å². The normalized spacial score (nSPS) is 11.6. The quantitative estimate of drug-likeness (QED) is 0.814. The van der Waals surface area contributed by atoms with E-state index in [9.17, 15) is 14.7 Å². The van der Waals surface area contributed by atoms with Crippen molar-refractivity contribution in [3.8, 4) is 0 Å². The van der Waals surface area contributed by atoms with Gasteiger partial charge in [-0.1, -0.05) is 31.2 Å². The second-order valence-corrected chi connectivity index (χ2v) is 5.70. The van der Waals surface area contributed by atoms with Gasteiger partial charge in [0.1, 0.15) is 0 Å². The largest absolute Gasteiger partial charge is 0.394 e. The molecule has 1 N–H and O–H groups in total. The number of anilines is 1. The molecule has 1 heterocycles. The predicted molar refractivity (Wildman–Crippen MR) is 95.8 cm³/mol. The molecule has 0 aliphatic carbocycles. The van der Waals surface area contributed by atoms with Crippen molar-refractivity contribution >= 4 is 17.5 Å². The van der Waals surface area contributed by atoms with Crippen molar-refractivity contribution in [3.05, 3.63) is 60.4 Å². The van der Waals surface area contributed by atoms with Gasteiger partial charge in [-0.15, -0.1) is 0 Å². The number of aliphatic hydroxyl groups excluding tert-OH is 1. The molecule has 0 aliphatic heterocycles. The number of carbonyl (C=O) groups is 2. The van der Waals surface area contributed by atoms with E-state index < -0.39 is 17.9 Å². The molecule has 2 aromatic rings. The zero-order valence-corrected chi connectivity index (χ0v) is 14.5. The predicted octanol–water partition coefficient (Wildman–Crippen LogP) is 1.84. The topological polar surface area (TPSA) is 73.7 Å². The van der Waals surface area contributed by atoms with Gasteiger partial charge in [-0.25, -0.2) is 0 Å². The number of hydrogen-bond donors (Lipinski definition) is 1. The number of aromatic nitrogens is 1. The van der Waals surface area contributed by atoms with Crippen LogP contribution in [0.4, 0.5) is 5.69 Å². The first kappa shape index (κ1) is 18.6. The molecular weight excluding hydrogens is 318 g/mol. The molecule has 0 aliphatic rings. The van der Waals surface area contributed by atoms with Crippen molar-refractivity contribution in [1.29, 1.82) is 0 Å². The Balaban J connectivity index is 2.23. The van der Waals surface area contributed by atoms with Crippen LogP contribution in [-0.2, 0) is 16.1 Å². The number of rotatable bonds is 6. The summed E-state index contributed by atoms with van der Waals surface area (Å²) >= 11 is 0. The van der Waals surface area contributed by atoms with Crippen LogP contribution in [0.2, 0.25) is 0 Å². The molecule has 0 fully saturated rings. The molecule has 1 aromatic carbocycles. The number of pyridine rings is 1. The first-order valence-corrected chi connectivity index (χ1v) is 8.23. The molecule has 2 amide bonds. The second kappa shape index (κ2) is 8.94. The van der Waals surface area contributed by atoms with Crippen molar-refractivity contribution in [2.45, 2.75) is 25.9 Å². The fraction of sp³-hybridized carbons (Fsp3) is 0.316. The first-order valence-electron chi connectivity index (χ1n) is 8.23. The van der Waals surface area contributed by atoms with Gasteiger partial charge in [0.25, 0.3) is 0 Å². The fourth-order valence-electron chi connectivity index (χ4n) is 2.52. The molecule has 132 valence electrons. The fourth-order valence-corrected chi connectivity index (χ4v) is 2.52. The number of hydrogen-bond acceptors (Lipinski definition) is 4. The number of carbonyl (C=O) groups excluding carboxylic acids is 2. The Morgan fingerprint density at radius 3 is 2.32 bits per heavy atom. The maximum absolute atomic E-state index is 12.8. The molecular formula is C19H23N3O3. The highest BCUT2D eigenvalue weighted by atomic mass is 16.3. The van der Waals surface area contributed by atoms with E-state index in [1.165, 1.54) is 9.80 Å². The van der Waals surface area contributed by atoms with Crippen molar-refractivity contribution in [2.75, 3.05) is 18.6 Å². The number of nitrogens with zero attached hydrogens (tertiary/aromatic N) is 3. The Hall–Kier alpha value is -2.73. The molecule has 6 heteroatoms. The van der Waals surface area contributed by atoms with Crippen LogP contribution in [0.1, 0.15) is 19.0 Å². The number of benzene rings is 1. The Labute approximate surface area is 147 Å². The Kier molecular flexibility index (Phi) is 6.65. The van der Waals surface area contributed by atoms with E-state index in [4.69, 9.17) is 0 Å². The summed E-state index contributed by atoms with van der Waals surface area (Å²) < 4.78 is 0. The lowest BCUT2D eigenvalue weighted by Crippen LogP contribution is -2.49. The number of amides is 2. The lowest BCUT2D eigenvalue weighted by Gasteiger charge is -2.30. The van der Waals surface area contributed by atoms with Crippen LogP contribution in [0.15, 0.2) is 54.7 Å². The van der Waals surface area contributed by atoms with Crippen molar-refractivity contribution in [3.63, 3.8) is 0 Å². The maximum Gasteiger partial charge on any atom is 0.316 e. The smallest absolute Gasteiger partial charge is 0.316 e. The molecule has 0 radical (unpaired) electrons. The van der Waals surface area contributed by atoms with E-state index in [-0.39, 0.29) is 13.2 Å². The van der Waals surface area contributed by atoms with Gasteiger partial charge in [-0.05, 0) is 30.7 Å². The van der Waals surface area contributed by atoms with Gasteiger partial charge in [0.15, 0.2) is 0 Å². The minimum Gasteiger partial charge on any atom is -0.394 e. The summed E-state index contributed by atoms with van der Waals surface area (Å²) in [7, 11) is 1.56. The first-order chi connectivity index (χ1) is 12.1. The van der Waals surface area contributed by atoms with E-state index in [0.29, 0.717) is 17.8 Å². The molecule has 25 heavy (non-hydrogen) atoms. The van der Waals surface area contributed by atoms with Gasteiger partial charge < -0.3 is 14.9 Å². The summed E-state index contributed by atoms with van der Waals surface area (Å²) in [5, 5.41) is 9.62. The third-order valence-corrected chi connectivity index (χ3v) is 4.07. The lowest BCUT2D eigenvalue weighted by atomic mass is 10.1. The van der Waals surface area contributed by atoms with Crippen molar-refractivity contribution in [1.82, 2.24) is 9.88 Å². The maximum atomic E-state index is 12.8. The molecule has 1 aromatic heterocycles. The highest BCUT2D eigenvalue weighted by Crippen LogP contribution is 2.15. The molecule has 6 nitrogen and oxygen atoms in total. The van der Waals surface area contributed by atoms with E-state index in [1.54, 1.807) is 49.6 Å². The third-order valence-electron chi connectivity index (χ3n) is 4.07. The van der Waals surface area contributed by atoms with Gasteiger partial charge in [0, 0.05) is 18.9 Å². The SMILES string of the molecule is CC[C@@H](CO)N(Cc1ccccn1)C(=O)C(=O)N(C)c1ccccc1. The zero-order valence-electron chi connectivity index (χ0n) is 14.5. The molecule has 0 saturated heterocycles. The van der Waals surface area contributed by atoms with E-state index in [1.807, 2.05) is 19.1 Å². The van der Waals surface area contributed by atoms with Crippen LogP contribution in [0.3, 0.4) is 0 Å². The summed E-state index contributed by atoms with van der Waals surface area (Å²) in [4.78, 5) is 32.4. The molecule has 0 saturated carbocycles. The molecule has 0 bridgehead atoms. The van der Waals surface area contributed by atoms with E-state index in [2.05, 4.69) is 4.98 Å². The second-order valence-electron chi connectivity index (χ2n) is 5.70. The van der Waals surface area contributed by atoms with Crippen LogP contribution in [0, 0.1) is 0 Å². The number of aliphatic hydroxyl groups is 1. The molecule has 1 atom stereocenters. The summed E-state index contributed by atoms with van der Waals surface area (Å²) in [6, 6.07) is 13.9. The molecule has 0 unspecified atom stereocenters. The van der Waals surface area contributed by atoms with Crippen LogP contribution in [0.25, 0.3) is 0 Å². The summed E-state index contributed by atoms with van der Waals surface area (Å²) in [6.07, 6.45) is 2.17. The number of para-hydroxylation sites is 1. The average molecular weight is 341 g/mol. The highest BCUT2D eigenvalue weighted by molar-refractivity contribution is 6.40. The summed E-state index contributed by atoms with van der Waals surface area (Å²) in [5.41, 5.74) is 1.30. The standard InChI is InChI=1S/C19H23N3O3/c1-3-16(14-23)22(13-15-9-7-8-12-20-15)19(25)18(24)21(2)17-10-5-4-6-11-17/h4-12,16,23H,3,13-14H2,1-2H3/t16-/m0/s1. The van der Waals surface area contributed by atoms with Crippen LogP contribution in [0.5, 0.6) is 0 Å². The summed E-state index contributed by atoms with van der Waals surface area (Å²) in [6.45, 7) is 1.83. The molecule has 2 rings (SSSR count).